The fourth-order valence-electron chi connectivity index (χ4n) is 1.88. The van der Waals surface area contributed by atoms with Crippen molar-refractivity contribution in [2.24, 2.45) is 0 Å². The van der Waals surface area contributed by atoms with Gasteiger partial charge in [-0.2, -0.15) is 0 Å². The molecule has 2 N–H and O–H groups in total. The second-order valence-electron chi connectivity index (χ2n) is 4.43. The predicted octanol–water partition coefficient (Wildman–Crippen LogP) is 1.69. The van der Waals surface area contributed by atoms with Crippen LogP contribution in [0.2, 0.25) is 0 Å². The molecule has 1 rings (SSSR count). The van der Waals surface area contributed by atoms with Gasteiger partial charge in [-0.05, 0) is 31.4 Å². The second-order valence-corrected chi connectivity index (χ2v) is 4.43. The predicted molar refractivity (Wildman–Crippen MR) is 73.2 cm³/mol. The Morgan fingerprint density at radius 1 is 1.26 bits per heavy atom. The van der Waals surface area contributed by atoms with Gasteiger partial charge in [0.25, 0.3) is 5.69 Å². The minimum absolute atomic E-state index is 0.0556. The summed E-state index contributed by atoms with van der Waals surface area (Å²) in [6.45, 7) is 0.668. The highest BCUT2D eigenvalue weighted by Crippen LogP contribution is 2.24. The Morgan fingerprint density at radius 3 is 2.58 bits per heavy atom. The zero-order valence-electron chi connectivity index (χ0n) is 11.1. The number of aliphatic hydroxyl groups excluding tert-OH is 2. The molecule has 0 amide bonds. The van der Waals surface area contributed by atoms with E-state index in [1.807, 2.05) is 11.9 Å². The average molecular weight is 268 g/mol. The van der Waals surface area contributed by atoms with E-state index in [4.69, 9.17) is 10.2 Å². The van der Waals surface area contributed by atoms with Crippen LogP contribution in [0.3, 0.4) is 0 Å². The van der Waals surface area contributed by atoms with Crippen molar-refractivity contribution in [3.63, 3.8) is 0 Å². The smallest absolute Gasteiger partial charge is 0.275 e. The van der Waals surface area contributed by atoms with Gasteiger partial charge < -0.3 is 15.1 Å². The average Bonchev–Trinajstić information content (AvgIpc) is 2.42. The lowest BCUT2D eigenvalue weighted by atomic mass is 10.1. The molecule has 0 aromatic heterocycles. The molecule has 0 spiro atoms. The first kappa shape index (κ1) is 15.4. The van der Waals surface area contributed by atoms with Crippen LogP contribution in [-0.2, 0) is 6.61 Å². The Bertz CT molecular complexity index is 423. The molecule has 0 aliphatic rings. The molecule has 0 bridgehead atoms. The molecule has 1 aromatic rings. The number of hydrogen-bond acceptors (Lipinski definition) is 5. The van der Waals surface area contributed by atoms with E-state index in [9.17, 15) is 10.1 Å². The molecule has 1 aromatic carbocycles. The number of nitro groups is 1. The molecule has 0 saturated carbocycles. The number of rotatable bonds is 8. The molecule has 0 unspecified atom stereocenters. The number of benzene rings is 1. The monoisotopic (exact) mass is 268 g/mol. The van der Waals surface area contributed by atoms with Crippen LogP contribution in [0.1, 0.15) is 24.8 Å². The third-order valence-corrected chi connectivity index (χ3v) is 3.02. The van der Waals surface area contributed by atoms with Crippen molar-refractivity contribution in [2.75, 3.05) is 25.1 Å². The minimum Gasteiger partial charge on any atom is -0.396 e. The zero-order chi connectivity index (χ0) is 14.3. The summed E-state index contributed by atoms with van der Waals surface area (Å²) in [5, 5.41) is 28.6. The maximum absolute atomic E-state index is 10.8. The van der Waals surface area contributed by atoms with E-state index in [1.165, 1.54) is 6.07 Å². The summed E-state index contributed by atoms with van der Waals surface area (Å²) < 4.78 is 0. The Hall–Kier alpha value is -1.66. The molecule has 0 saturated heterocycles. The first-order chi connectivity index (χ1) is 9.10. The largest absolute Gasteiger partial charge is 0.396 e. The van der Waals surface area contributed by atoms with Crippen LogP contribution in [0.15, 0.2) is 18.2 Å². The van der Waals surface area contributed by atoms with E-state index in [1.54, 1.807) is 12.1 Å². The van der Waals surface area contributed by atoms with Crippen LogP contribution < -0.4 is 4.90 Å². The van der Waals surface area contributed by atoms with Gasteiger partial charge in [-0.25, -0.2) is 0 Å². The normalized spacial score (nSPS) is 10.5. The van der Waals surface area contributed by atoms with Crippen molar-refractivity contribution in [1.29, 1.82) is 0 Å². The van der Waals surface area contributed by atoms with Crippen molar-refractivity contribution in [3.8, 4) is 0 Å². The fraction of sp³-hybridized carbons (Fsp3) is 0.538. The maximum atomic E-state index is 10.8. The van der Waals surface area contributed by atoms with Crippen molar-refractivity contribution in [2.45, 2.75) is 25.9 Å². The zero-order valence-corrected chi connectivity index (χ0v) is 11.1. The van der Waals surface area contributed by atoms with Gasteiger partial charge in [0.2, 0.25) is 0 Å². The third-order valence-electron chi connectivity index (χ3n) is 3.02. The van der Waals surface area contributed by atoms with Crippen molar-refractivity contribution in [1.82, 2.24) is 0 Å². The highest BCUT2D eigenvalue weighted by Gasteiger charge is 2.14. The topological polar surface area (TPSA) is 86.8 Å². The molecule has 0 heterocycles. The third kappa shape index (κ3) is 4.50. The lowest BCUT2D eigenvalue weighted by molar-refractivity contribution is -0.385. The van der Waals surface area contributed by atoms with Crippen LogP contribution in [0, 0.1) is 10.1 Å². The maximum Gasteiger partial charge on any atom is 0.275 e. The van der Waals surface area contributed by atoms with Gasteiger partial charge in [0.05, 0.1) is 17.1 Å². The summed E-state index contributed by atoms with van der Waals surface area (Å²) in [6, 6.07) is 4.75. The minimum atomic E-state index is -0.490. The van der Waals surface area contributed by atoms with Crippen molar-refractivity contribution < 1.29 is 15.1 Å². The first-order valence-electron chi connectivity index (χ1n) is 6.30. The SMILES string of the molecule is CN(CCCCCO)c1ccc([N+](=O)[O-])c(CO)c1. The van der Waals surface area contributed by atoms with E-state index in [-0.39, 0.29) is 18.9 Å². The van der Waals surface area contributed by atoms with E-state index in [0.717, 1.165) is 31.5 Å². The van der Waals surface area contributed by atoms with Crippen LogP contribution >= 0.6 is 0 Å². The van der Waals surface area contributed by atoms with E-state index >= 15 is 0 Å². The van der Waals surface area contributed by atoms with Crippen LogP contribution in [0.4, 0.5) is 11.4 Å². The quantitative estimate of drug-likeness (QED) is 0.425. The van der Waals surface area contributed by atoms with Gasteiger partial charge in [-0.3, -0.25) is 10.1 Å². The summed E-state index contributed by atoms with van der Waals surface area (Å²) >= 11 is 0. The van der Waals surface area contributed by atoms with Gasteiger partial charge in [-0.15, -0.1) is 0 Å². The van der Waals surface area contributed by atoms with Gasteiger partial charge in [0.15, 0.2) is 0 Å². The Balaban J connectivity index is 2.70. The van der Waals surface area contributed by atoms with Crippen LogP contribution in [0.25, 0.3) is 0 Å². The summed E-state index contributed by atoms with van der Waals surface area (Å²) in [5.74, 6) is 0. The number of unbranched alkanes of at least 4 members (excludes halogenated alkanes) is 2. The molecule has 6 nitrogen and oxygen atoms in total. The Labute approximate surface area is 112 Å². The van der Waals surface area contributed by atoms with Gasteiger partial charge in [0, 0.05) is 32.0 Å². The molecule has 19 heavy (non-hydrogen) atoms. The van der Waals surface area contributed by atoms with E-state index in [0.29, 0.717) is 5.56 Å². The van der Waals surface area contributed by atoms with Gasteiger partial charge in [0.1, 0.15) is 0 Å². The summed E-state index contributed by atoms with van der Waals surface area (Å²) in [4.78, 5) is 12.3. The molecule has 0 fully saturated rings. The Kier molecular flexibility index (Phi) is 6.24. The highest BCUT2D eigenvalue weighted by molar-refractivity contribution is 5.55. The van der Waals surface area contributed by atoms with Crippen LogP contribution in [0.5, 0.6) is 0 Å². The number of aliphatic hydroxyl groups is 2. The van der Waals surface area contributed by atoms with Crippen LogP contribution in [-0.4, -0.2) is 35.3 Å². The Morgan fingerprint density at radius 2 is 2.00 bits per heavy atom. The molecule has 0 atom stereocenters. The summed E-state index contributed by atoms with van der Waals surface area (Å²) in [6.07, 6.45) is 2.68. The highest BCUT2D eigenvalue weighted by atomic mass is 16.6. The lowest BCUT2D eigenvalue weighted by Crippen LogP contribution is -2.18. The lowest BCUT2D eigenvalue weighted by Gasteiger charge is -2.19. The van der Waals surface area contributed by atoms with Crippen molar-refractivity contribution >= 4 is 11.4 Å². The van der Waals surface area contributed by atoms with Gasteiger partial charge >= 0.3 is 0 Å². The number of nitro benzene ring substituents is 1. The standard InChI is InChI=1S/C13H20N2O4/c1-14(7-3-2-4-8-16)12-5-6-13(15(18)19)11(9-12)10-17/h5-6,9,16-17H,2-4,7-8,10H2,1H3. The first-order valence-corrected chi connectivity index (χ1v) is 6.30. The van der Waals surface area contributed by atoms with E-state index in [2.05, 4.69) is 0 Å². The number of nitrogens with zero attached hydrogens (tertiary/aromatic N) is 2. The summed E-state index contributed by atoms with van der Waals surface area (Å²) in [5.41, 5.74) is 1.11. The molecule has 0 radical (unpaired) electrons. The van der Waals surface area contributed by atoms with Gasteiger partial charge in [-0.1, -0.05) is 0 Å². The molecular weight excluding hydrogens is 248 g/mol. The number of hydrogen-bond donors (Lipinski definition) is 2. The van der Waals surface area contributed by atoms with E-state index < -0.39 is 4.92 Å². The molecule has 6 heteroatoms. The molecular formula is C13H20N2O4. The van der Waals surface area contributed by atoms with Crippen molar-refractivity contribution in [3.05, 3.63) is 33.9 Å². The molecule has 0 aliphatic heterocycles. The molecule has 106 valence electrons. The molecule has 0 aliphatic carbocycles. The summed E-state index contributed by atoms with van der Waals surface area (Å²) in [7, 11) is 1.90. The number of anilines is 1. The fourth-order valence-corrected chi connectivity index (χ4v) is 1.88. The second kappa shape index (κ2) is 7.70.